The molecule has 1 heterocycles. The first-order valence-electron chi connectivity index (χ1n) is 4.94. The van der Waals surface area contributed by atoms with E-state index in [0.29, 0.717) is 5.56 Å². The highest BCUT2D eigenvalue weighted by Gasteiger charge is 2.32. The van der Waals surface area contributed by atoms with E-state index < -0.39 is 23.8 Å². The molecule has 0 amide bonds. The van der Waals surface area contributed by atoms with Crippen molar-refractivity contribution in [2.45, 2.75) is 19.5 Å². The molecule has 0 radical (unpaired) electrons. The molecule has 0 aliphatic heterocycles. The van der Waals surface area contributed by atoms with Gasteiger partial charge in [-0.2, -0.15) is 13.2 Å². The molecule has 1 rings (SSSR count). The van der Waals surface area contributed by atoms with Crippen LogP contribution in [0.15, 0.2) is 18.3 Å². The number of carbonyl (C=O) groups excluding carboxylic acids is 1. The molecule has 0 unspecified atom stereocenters. The van der Waals surface area contributed by atoms with Crippen molar-refractivity contribution in [3.63, 3.8) is 0 Å². The molecular formula is C11H12F3NO2. The molecule has 0 saturated carbocycles. The minimum absolute atomic E-state index is 0.193. The summed E-state index contributed by atoms with van der Waals surface area (Å²) >= 11 is 0. The molecule has 0 bridgehead atoms. The van der Waals surface area contributed by atoms with Crippen LogP contribution in [0, 0.1) is 5.92 Å². The Hall–Kier alpha value is -1.59. The molecule has 0 fully saturated rings. The Morgan fingerprint density at radius 1 is 1.53 bits per heavy atom. The van der Waals surface area contributed by atoms with Crippen molar-refractivity contribution in [2.75, 3.05) is 7.11 Å². The lowest BCUT2D eigenvalue weighted by atomic mass is 10.0. The minimum Gasteiger partial charge on any atom is -0.469 e. The van der Waals surface area contributed by atoms with Gasteiger partial charge in [0.2, 0.25) is 0 Å². The Balaban J connectivity index is 2.83. The lowest BCUT2D eigenvalue weighted by Gasteiger charge is -2.11. The summed E-state index contributed by atoms with van der Waals surface area (Å²) in [5.41, 5.74) is -0.544. The summed E-state index contributed by atoms with van der Waals surface area (Å²) in [6, 6.07) is 2.40. The highest BCUT2D eigenvalue weighted by Crippen LogP contribution is 2.28. The molecule has 1 atom stereocenters. The van der Waals surface area contributed by atoms with Gasteiger partial charge in [0.25, 0.3) is 0 Å². The number of methoxy groups -OCH3 is 1. The number of aromatic nitrogens is 1. The van der Waals surface area contributed by atoms with Crippen molar-refractivity contribution in [2.24, 2.45) is 5.92 Å². The zero-order valence-electron chi connectivity index (χ0n) is 9.41. The Morgan fingerprint density at radius 2 is 2.18 bits per heavy atom. The van der Waals surface area contributed by atoms with E-state index in [0.717, 1.165) is 12.3 Å². The maximum absolute atomic E-state index is 12.4. The smallest absolute Gasteiger partial charge is 0.433 e. The van der Waals surface area contributed by atoms with Gasteiger partial charge in [-0.1, -0.05) is 6.92 Å². The van der Waals surface area contributed by atoms with E-state index in [1.54, 1.807) is 6.92 Å². The summed E-state index contributed by atoms with van der Waals surface area (Å²) in [5, 5.41) is 0. The molecule has 0 N–H and O–H groups in total. The topological polar surface area (TPSA) is 39.2 Å². The molecular weight excluding hydrogens is 235 g/mol. The van der Waals surface area contributed by atoms with Crippen LogP contribution in [0.3, 0.4) is 0 Å². The zero-order chi connectivity index (χ0) is 13.1. The van der Waals surface area contributed by atoms with Gasteiger partial charge in [-0.3, -0.25) is 9.78 Å². The Kier molecular flexibility index (Phi) is 4.09. The van der Waals surface area contributed by atoms with Crippen LogP contribution in [0.1, 0.15) is 18.2 Å². The highest BCUT2D eigenvalue weighted by molar-refractivity contribution is 5.72. The van der Waals surface area contributed by atoms with Crippen molar-refractivity contribution in [3.8, 4) is 0 Å². The third kappa shape index (κ3) is 3.72. The van der Waals surface area contributed by atoms with Crippen LogP contribution >= 0.6 is 0 Å². The predicted molar refractivity (Wildman–Crippen MR) is 54.1 cm³/mol. The number of carbonyl (C=O) groups is 1. The van der Waals surface area contributed by atoms with Gasteiger partial charge >= 0.3 is 12.1 Å². The third-order valence-corrected chi connectivity index (χ3v) is 2.26. The lowest BCUT2D eigenvalue weighted by Crippen LogP contribution is -2.16. The number of rotatable bonds is 3. The first-order valence-corrected chi connectivity index (χ1v) is 4.94. The summed E-state index contributed by atoms with van der Waals surface area (Å²) in [5.74, 6) is -0.932. The van der Waals surface area contributed by atoms with E-state index in [1.165, 1.54) is 13.2 Å². The number of nitrogens with zero attached hydrogens (tertiary/aromatic N) is 1. The molecule has 0 saturated heterocycles. The van der Waals surface area contributed by atoms with Gasteiger partial charge in [0.05, 0.1) is 13.0 Å². The predicted octanol–water partition coefficient (Wildman–Crippen LogP) is 2.45. The van der Waals surface area contributed by atoms with E-state index in [4.69, 9.17) is 0 Å². The van der Waals surface area contributed by atoms with Crippen molar-refractivity contribution < 1.29 is 22.7 Å². The number of halogens is 3. The van der Waals surface area contributed by atoms with Gasteiger partial charge in [0, 0.05) is 6.20 Å². The molecule has 0 spiro atoms. The molecule has 17 heavy (non-hydrogen) atoms. The van der Waals surface area contributed by atoms with E-state index in [1.807, 2.05) is 0 Å². The average Bonchev–Trinajstić information content (AvgIpc) is 2.27. The number of esters is 1. The molecule has 1 aromatic heterocycles. The number of hydrogen-bond donors (Lipinski definition) is 0. The fourth-order valence-corrected chi connectivity index (χ4v) is 1.39. The standard InChI is InChI=1S/C11H12F3NO2/c1-7(10(16)17-2)5-8-3-4-15-9(6-8)11(12,13)14/h3-4,6-7H,5H2,1-2H3/t7-/m1/s1. The van der Waals surface area contributed by atoms with Gasteiger partial charge in [-0.05, 0) is 24.1 Å². The third-order valence-electron chi connectivity index (χ3n) is 2.26. The summed E-state index contributed by atoms with van der Waals surface area (Å²) in [4.78, 5) is 14.4. The minimum atomic E-state index is -4.47. The molecule has 6 heteroatoms. The second-order valence-corrected chi connectivity index (χ2v) is 3.68. The maximum atomic E-state index is 12.4. The van der Waals surface area contributed by atoms with Gasteiger partial charge < -0.3 is 4.74 Å². The van der Waals surface area contributed by atoms with Gasteiger partial charge in [0.1, 0.15) is 5.69 Å². The Morgan fingerprint density at radius 3 is 2.71 bits per heavy atom. The molecule has 1 aromatic rings. The van der Waals surface area contributed by atoms with Crippen LogP contribution in [0.4, 0.5) is 13.2 Å². The van der Waals surface area contributed by atoms with Crippen LogP contribution in [0.25, 0.3) is 0 Å². The van der Waals surface area contributed by atoms with Crippen LogP contribution in [-0.2, 0) is 22.1 Å². The summed E-state index contributed by atoms with van der Waals surface area (Å²) in [6.45, 7) is 1.60. The van der Waals surface area contributed by atoms with E-state index >= 15 is 0 Å². The largest absolute Gasteiger partial charge is 0.469 e. The molecule has 0 aliphatic carbocycles. The zero-order valence-corrected chi connectivity index (χ0v) is 9.41. The average molecular weight is 247 g/mol. The summed E-state index contributed by atoms with van der Waals surface area (Å²) in [6.07, 6.45) is -3.19. The SMILES string of the molecule is COC(=O)[C@H](C)Cc1ccnc(C(F)(F)F)c1. The normalized spacial score (nSPS) is 13.2. The second-order valence-electron chi connectivity index (χ2n) is 3.68. The monoisotopic (exact) mass is 247 g/mol. The van der Waals surface area contributed by atoms with Crippen molar-refractivity contribution in [3.05, 3.63) is 29.6 Å². The first-order chi connectivity index (χ1) is 7.84. The van der Waals surface area contributed by atoms with Gasteiger partial charge in [0.15, 0.2) is 0 Å². The maximum Gasteiger partial charge on any atom is 0.433 e. The van der Waals surface area contributed by atoms with E-state index in [9.17, 15) is 18.0 Å². The van der Waals surface area contributed by atoms with Crippen molar-refractivity contribution in [1.29, 1.82) is 0 Å². The Labute approximate surface area is 96.6 Å². The Bertz CT molecular complexity index is 404. The van der Waals surface area contributed by atoms with E-state index in [-0.39, 0.29) is 6.42 Å². The van der Waals surface area contributed by atoms with Crippen molar-refractivity contribution >= 4 is 5.97 Å². The number of pyridine rings is 1. The molecule has 3 nitrogen and oxygen atoms in total. The first kappa shape index (κ1) is 13.5. The van der Waals surface area contributed by atoms with Gasteiger partial charge in [-0.15, -0.1) is 0 Å². The number of hydrogen-bond acceptors (Lipinski definition) is 3. The summed E-state index contributed by atoms with van der Waals surface area (Å²) in [7, 11) is 1.24. The number of alkyl halides is 3. The molecule has 94 valence electrons. The lowest BCUT2D eigenvalue weighted by molar-refractivity contribution is -0.144. The fraction of sp³-hybridized carbons (Fsp3) is 0.455. The second kappa shape index (κ2) is 5.16. The number of ether oxygens (including phenoxy) is 1. The fourth-order valence-electron chi connectivity index (χ4n) is 1.39. The van der Waals surface area contributed by atoms with Crippen LogP contribution in [-0.4, -0.2) is 18.1 Å². The summed E-state index contributed by atoms with van der Waals surface area (Å²) < 4.78 is 41.6. The highest BCUT2D eigenvalue weighted by atomic mass is 19.4. The van der Waals surface area contributed by atoms with Crippen LogP contribution < -0.4 is 0 Å². The quantitative estimate of drug-likeness (QED) is 0.770. The van der Waals surface area contributed by atoms with E-state index in [2.05, 4.69) is 9.72 Å². The van der Waals surface area contributed by atoms with Gasteiger partial charge in [-0.25, -0.2) is 0 Å². The molecule has 0 aliphatic rings. The van der Waals surface area contributed by atoms with Crippen molar-refractivity contribution in [1.82, 2.24) is 4.98 Å². The molecule has 0 aromatic carbocycles. The van der Waals surface area contributed by atoms with Crippen LogP contribution in [0.5, 0.6) is 0 Å². The van der Waals surface area contributed by atoms with Crippen LogP contribution in [0.2, 0.25) is 0 Å².